The Labute approximate surface area is 96.6 Å². The van der Waals surface area contributed by atoms with Gasteiger partial charge in [-0.25, -0.2) is 4.39 Å². The summed E-state index contributed by atoms with van der Waals surface area (Å²) in [5, 5.41) is 0. The third kappa shape index (κ3) is 2.44. The first-order valence-corrected chi connectivity index (χ1v) is 5.43. The molecule has 0 bridgehead atoms. The average Bonchev–Trinajstić information content (AvgIpc) is 2.93. The van der Waals surface area contributed by atoms with Crippen LogP contribution in [0.1, 0.15) is 30.5 Å². The molecule has 17 heavy (non-hydrogen) atoms. The van der Waals surface area contributed by atoms with Crippen LogP contribution < -0.4 is 5.73 Å². The SMILES string of the molecule is CC1CC1C(N)c1ccc(F)c(C(F)(F)F)c1. The van der Waals surface area contributed by atoms with Crippen LogP contribution in [0.3, 0.4) is 0 Å². The van der Waals surface area contributed by atoms with Gasteiger partial charge in [0.05, 0.1) is 5.56 Å². The minimum absolute atomic E-state index is 0.210. The molecule has 1 aromatic rings. The van der Waals surface area contributed by atoms with E-state index in [4.69, 9.17) is 5.73 Å². The van der Waals surface area contributed by atoms with Crippen molar-refractivity contribution in [3.8, 4) is 0 Å². The third-order valence-electron chi connectivity index (χ3n) is 3.31. The molecule has 5 heteroatoms. The Hall–Kier alpha value is -1.10. The van der Waals surface area contributed by atoms with Crippen LogP contribution in [0.15, 0.2) is 18.2 Å². The Morgan fingerprint density at radius 2 is 1.94 bits per heavy atom. The van der Waals surface area contributed by atoms with Gasteiger partial charge in [-0.15, -0.1) is 0 Å². The van der Waals surface area contributed by atoms with Crippen LogP contribution in [0.2, 0.25) is 0 Å². The van der Waals surface area contributed by atoms with Crippen LogP contribution in [0.5, 0.6) is 0 Å². The Morgan fingerprint density at radius 3 is 2.41 bits per heavy atom. The minimum Gasteiger partial charge on any atom is -0.324 e. The molecule has 2 rings (SSSR count). The number of nitrogens with two attached hydrogens (primary N) is 1. The highest BCUT2D eigenvalue weighted by Gasteiger charge is 2.40. The van der Waals surface area contributed by atoms with Gasteiger partial charge >= 0.3 is 6.18 Å². The maximum atomic E-state index is 13.1. The number of hydrogen-bond donors (Lipinski definition) is 1. The van der Waals surface area contributed by atoms with Crippen LogP contribution in [-0.4, -0.2) is 0 Å². The van der Waals surface area contributed by atoms with Crippen molar-refractivity contribution in [1.82, 2.24) is 0 Å². The second-order valence-corrected chi connectivity index (χ2v) is 4.64. The molecule has 0 heterocycles. The highest BCUT2D eigenvalue weighted by molar-refractivity contribution is 5.30. The zero-order valence-electron chi connectivity index (χ0n) is 9.26. The highest BCUT2D eigenvalue weighted by Crippen LogP contribution is 2.46. The molecule has 1 aliphatic rings. The maximum Gasteiger partial charge on any atom is 0.419 e. The van der Waals surface area contributed by atoms with Crippen LogP contribution in [0.4, 0.5) is 17.6 Å². The molecule has 0 aliphatic heterocycles. The van der Waals surface area contributed by atoms with Gasteiger partial charge in [0, 0.05) is 6.04 Å². The van der Waals surface area contributed by atoms with Crippen LogP contribution in [0.25, 0.3) is 0 Å². The van der Waals surface area contributed by atoms with Crippen molar-refractivity contribution in [2.45, 2.75) is 25.6 Å². The van der Waals surface area contributed by atoms with Crippen molar-refractivity contribution in [1.29, 1.82) is 0 Å². The lowest BCUT2D eigenvalue weighted by Crippen LogP contribution is -2.16. The van der Waals surface area contributed by atoms with Gasteiger partial charge in [-0.3, -0.25) is 0 Å². The number of alkyl halides is 3. The van der Waals surface area contributed by atoms with Crippen LogP contribution in [0, 0.1) is 17.7 Å². The van der Waals surface area contributed by atoms with Gasteiger partial charge in [0.2, 0.25) is 0 Å². The minimum atomic E-state index is -4.67. The predicted molar refractivity (Wildman–Crippen MR) is 55.6 cm³/mol. The number of rotatable bonds is 2. The normalized spacial score (nSPS) is 25.8. The summed E-state index contributed by atoms with van der Waals surface area (Å²) in [6.45, 7) is 2.00. The second-order valence-electron chi connectivity index (χ2n) is 4.64. The van der Waals surface area contributed by atoms with Crippen molar-refractivity contribution in [2.24, 2.45) is 17.6 Å². The van der Waals surface area contributed by atoms with Gasteiger partial charge in [-0.1, -0.05) is 13.0 Å². The molecule has 1 fully saturated rings. The zero-order valence-corrected chi connectivity index (χ0v) is 9.26. The molecule has 0 aromatic heterocycles. The smallest absolute Gasteiger partial charge is 0.324 e. The summed E-state index contributed by atoms with van der Waals surface area (Å²) in [5.41, 5.74) is 4.98. The Bertz CT molecular complexity index is 427. The van der Waals surface area contributed by atoms with Crippen molar-refractivity contribution in [2.75, 3.05) is 0 Å². The van der Waals surface area contributed by atoms with Crippen LogP contribution in [-0.2, 0) is 6.18 Å². The summed E-state index contributed by atoms with van der Waals surface area (Å²) in [6.07, 6.45) is -3.76. The van der Waals surface area contributed by atoms with Gasteiger partial charge in [0.25, 0.3) is 0 Å². The molecule has 1 nitrogen and oxygen atoms in total. The van der Waals surface area contributed by atoms with E-state index in [0.29, 0.717) is 11.5 Å². The number of halogens is 4. The van der Waals surface area contributed by atoms with Gasteiger partial charge in [-0.05, 0) is 36.0 Å². The first kappa shape index (κ1) is 12.4. The molecule has 0 amide bonds. The lowest BCUT2D eigenvalue weighted by atomic mass is 9.99. The van der Waals surface area contributed by atoms with Gasteiger partial charge < -0.3 is 5.73 Å². The molecule has 1 aliphatic carbocycles. The Morgan fingerprint density at radius 1 is 1.35 bits per heavy atom. The molecule has 2 N–H and O–H groups in total. The summed E-state index contributed by atoms with van der Waals surface area (Å²) in [6, 6.07) is 2.56. The monoisotopic (exact) mass is 247 g/mol. The first-order chi connectivity index (χ1) is 7.80. The molecule has 0 saturated heterocycles. The van der Waals surface area contributed by atoms with Gasteiger partial charge in [0.1, 0.15) is 5.82 Å². The fourth-order valence-corrected chi connectivity index (χ4v) is 2.07. The lowest BCUT2D eigenvalue weighted by Gasteiger charge is -2.15. The standard InChI is InChI=1S/C12H13F4N/c1-6-4-8(6)11(17)7-2-3-10(13)9(5-7)12(14,15)16/h2-3,5-6,8,11H,4,17H2,1H3. The average molecular weight is 247 g/mol. The second kappa shape index (κ2) is 3.98. The number of benzene rings is 1. The largest absolute Gasteiger partial charge is 0.419 e. The predicted octanol–water partition coefficient (Wildman–Crippen LogP) is 3.50. The molecule has 0 spiro atoms. The molecular weight excluding hydrogens is 234 g/mol. The van der Waals surface area contributed by atoms with E-state index in [9.17, 15) is 17.6 Å². The van der Waals surface area contributed by atoms with Crippen molar-refractivity contribution >= 4 is 0 Å². The molecule has 94 valence electrons. The van der Waals surface area contributed by atoms with Gasteiger partial charge in [-0.2, -0.15) is 13.2 Å². The van der Waals surface area contributed by atoms with E-state index in [2.05, 4.69) is 0 Å². The molecular formula is C12H13F4N. The summed E-state index contributed by atoms with van der Waals surface area (Å²) in [7, 11) is 0. The molecule has 3 unspecified atom stereocenters. The number of hydrogen-bond acceptors (Lipinski definition) is 1. The van der Waals surface area contributed by atoms with E-state index < -0.39 is 23.6 Å². The van der Waals surface area contributed by atoms with E-state index in [1.165, 1.54) is 6.07 Å². The molecule has 0 radical (unpaired) electrons. The molecule has 1 aromatic carbocycles. The van der Waals surface area contributed by atoms with Crippen molar-refractivity contribution < 1.29 is 17.6 Å². The topological polar surface area (TPSA) is 26.0 Å². The highest BCUT2D eigenvalue weighted by atomic mass is 19.4. The third-order valence-corrected chi connectivity index (χ3v) is 3.31. The van der Waals surface area contributed by atoms with E-state index in [1.54, 1.807) is 0 Å². The van der Waals surface area contributed by atoms with E-state index in [1.807, 2.05) is 6.92 Å². The van der Waals surface area contributed by atoms with Gasteiger partial charge in [0.15, 0.2) is 0 Å². The quantitative estimate of drug-likeness (QED) is 0.795. The van der Waals surface area contributed by atoms with Crippen molar-refractivity contribution in [3.63, 3.8) is 0 Å². The van der Waals surface area contributed by atoms with Crippen molar-refractivity contribution in [3.05, 3.63) is 35.1 Å². The first-order valence-electron chi connectivity index (χ1n) is 5.43. The van der Waals surface area contributed by atoms with E-state index in [0.717, 1.165) is 18.6 Å². The Kier molecular flexibility index (Phi) is 2.89. The van der Waals surface area contributed by atoms with E-state index in [-0.39, 0.29) is 5.92 Å². The fraction of sp³-hybridized carbons (Fsp3) is 0.500. The zero-order chi connectivity index (χ0) is 12.8. The van der Waals surface area contributed by atoms with E-state index >= 15 is 0 Å². The van der Waals surface area contributed by atoms with Crippen LogP contribution >= 0.6 is 0 Å². The maximum absolute atomic E-state index is 13.1. The lowest BCUT2D eigenvalue weighted by molar-refractivity contribution is -0.140. The molecule has 3 atom stereocenters. The fourth-order valence-electron chi connectivity index (χ4n) is 2.07. The summed E-state index contributed by atoms with van der Waals surface area (Å²) in [5.74, 6) is -0.608. The summed E-state index contributed by atoms with van der Waals surface area (Å²) >= 11 is 0. The Balaban J connectivity index is 2.31. The molecule has 1 saturated carbocycles. The summed E-state index contributed by atoms with van der Waals surface area (Å²) in [4.78, 5) is 0. The summed E-state index contributed by atoms with van der Waals surface area (Å²) < 4.78 is 50.6.